The smallest absolute Gasteiger partial charge is 0.350 e. The van der Waals surface area contributed by atoms with E-state index in [1.165, 1.54) is 19.3 Å². The highest BCUT2D eigenvalue weighted by Crippen LogP contribution is 2.31. The SMILES string of the molecule is CCCCCc1ccc(C(=O)OC[C@H]2CCCN3CCCC[C@H]23)c(=O)o1. The highest BCUT2D eigenvalue weighted by Gasteiger charge is 2.33. The van der Waals surface area contributed by atoms with Crippen molar-refractivity contribution in [1.82, 2.24) is 4.90 Å². The molecule has 2 atom stereocenters. The van der Waals surface area contributed by atoms with Crippen molar-refractivity contribution in [2.45, 2.75) is 70.8 Å². The van der Waals surface area contributed by atoms with E-state index in [4.69, 9.17) is 9.15 Å². The highest BCUT2D eigenvalue weighted by atomic mass is 16.5. The first-order valence-corrected chi connectivity index (χ1v) is 10.2. The lowest BCUT2D eigenvalue weighted by atomic mass is 9.84. The molecule has 2 saturated heterocycles. The summed E-state index contributed by atoms with van der Waals surface area (Å²) in [6, 6.07) is 3.82. The summed E-state index contributed by atoms with van der Waals surface area (Å²) in [5.74, 6) is 0.477. The second-order valence-electron chi connectivity index (χ2n) is 7.66. The summed E-state index contributed by atoms with van der Waals surface area (Å²) in [5.41, 5.74) is -0.563. The molecular formula is C21H31NO4. The predicted molar refractivity (Wildman–Crippen MR) is 100 cm³/mol. The number of carbonyl (C=O) groups is 1. The molecule has 0 aromatic carbocycles. The van der Waals surface area contributed by atoms with Gasteiger partial charge in [0.2, 0.25) is 0 Å². The Morgan fingerprint density at radius 1 is 1.19 bits per heavy atom. The average Bonchev–Trinajstić information content (AvgIpc) is 2.66. The molecule has 0 saturated carbocycles. The minimum atomic E-state index is -0.577. The Kier molecular flexibility index (Phi) is 6.89. The second-order valence-corrected chi connectivity index (χ2v) is 7.66. The molecule has 2 fully saturated rings. The Labute approximate surface area is 155 Å². The molecule has 1 aromatic rings. The highest BCUT2D eigenvalue weighted by molar-refractivity contribution is 5.88. The van der Waals surface area contributed by atoms with Crippen LogP contribution in [0, 0.1) is 5.92 Å². The van der Waals surface area contributed by atoms with Crippen molar-refractivity contribution in [3.63, 3.8) is 0 Å². The molecule has 0 N–H and O–H groups in total. The molecule has 26 heavy (non-hydrogen) atoms. The number of ether oxygens (including phenoxy) is 1. The Morgan fingerprint density at radius 3 is 2.85 bits per heavy atom. The number of esters is 1. The van der Waals surface area contributed by atoms with Gasteiger partial charge in [-0.25, -0.2) is 9.59 Å². The van der Waals surface area contributed by atoms with Crippen LogP contribution in [0.4, 0.5) is 0 Å². The van der Waals surface area contributed by atoms with Crippen molar-refractivity contribution in [3.8, 4) is 0 Å². The third kappa shape index (κ3) is 4.76. The molecule has 144 valence electrons. The number of aryl methyl sites for hydroxylation is 1. The van der Waals surface area contributed by atoms with E-state index in [1.54, 1.807) is 12.1 Å². The first-order valence-electron chi connectivity index (χ1n) is 10.2. The van der Waals surface area contributed by atoms with Crippen molar-refractivity contribution in [2.75, 3.05) is 19.7 Å². The van der Waals surface area contributed by atoms with Crippen LogP contribution in [0.25, 0.3) is 0 Å². The fourth-order valence-electron chi connectivity index (χ4n) is 4.32. The lowest BCUT2D eigenvalue weighted by Gasteiger charge is -2.44. The number of unbranched alkanes of at least 4 members (excludes halogenated alkanes) is 2. The number of hydrogen-bond donors (Lipinski definition) is 0. The molecule has 0 radical (unpaired) electrons. The molecule has 2 aliphatic heterocycles. The van der Waals surface area contributed by atoms with E-state index in [-0.39, 0.29) is 5.56 Å². The lowest BCUT2D eigenvalue weighted by Crippen LogP contribution is -2.49. The number of hydrogen-bond acceptors (Lipinski definition) is 5. The summed E-state index contributed by atoms with van der Waals surface area (Å²) < 4.78 is 10.8. The zero-order chi connectivity index (χ0) is 18.4. The van der Waals surface area contributed by atoms with Crippen LogP contribution in [0.2, 0.25) is 0 Å². The topological polar surface area (TPSA) is 59.8 Å². The maximum absolute atomic E-state index is 12.3. The first-order chi connectivity index (χ1) is 12.7. The van der Waals surface area contributed by atoms with Crippen LogP contribution in [0.3, 0.4) is 0 Å². The van der Waals surface area contributed by atoms with E-state index in [0.717, 1.165) is 51.6 Å². The van der Waals surface area contributed by atoms with E-state index >= 15 is 0 Å². The first kappa shape index (κ1) is 19.2. The van der Waals surface area contributed by atoms with E-state index in [0.29, 0.717) is 24.3 Å². The summed E-state index contributed by atoms with van der Waals surface area (Å²) >= 11 is 0. The van der Waals surface area contributed by atoms with Crippen LogP contribution in [0.1, 0.15) is 74.4 Å². The lowest BCUT2D eigenvalue weighted by molar-refractivity contribution is 0.00711. The van der Waals surface area contributed by atoms with Crippen molar-refractivity contribution in [2.24, 2.45) is 5.92 Å². The molecule has 2 aliphatic rings. The molecule has 0 spiro atoms. The fourth-order valence-corrected chi connectivity index (χ4v) is 4.32. The molecule has 0 amide bonds. The van der Waals surface area contributed by atoms with Gasteiger partial charge in [-0.1, -0.05) is 26.2 Å². The van der Waals surface area contributed by atoms with Gasteiger partial charge in [-0.3, -0.25) is 4.90 Å². The minimum absolute atomic E-state index is 0.0144. The third-order valence-electron chi connectivity index (χ3n) is 5.78. The zero-order valence-corrected chi connectivity index (χ0v) is 15.9. The van der Waals surface area contributed by atoms with Gasteiger partial charge >= 0.3 is 11.6 Å². The summed E-state index contributed by atoms with van der Waals surface area (Å²) in [6.07, 6.45) is 9.93. The molecule has 1 aromatic heterocycles. The van der Waals surface area contributed by atoms with Crippen molar-refractivity contribution in [3.05, 3.63) is 33.9 Å². The van der Waals surface area contributed by atoms with E-state index in [1.807, 2.05) is 0 Å². The maximum Gasteiger partial charge on any atom is 0.350 e. The Morgan fingerprint density at radius 2 is 2.04 bits per heavy atom. The van der Waals surface area contributed by atoms with Gasteiger partial charge in [0, 0.05) is 18.4 Å². The number of rotatable bonds is 7. The quantitative estimate of drug-likeness (QED) is 0.546. The summed E-state index contributed by atoms with van der Waals surface area (Å²) in [4.78, 5) is 27.0. The molecular weight excluding hydrogens is 330 g/mol. The van der Waals surface area contributed by atoms with Gasteiger partial charge in [0.1, 0.15) is 11.3 Å². The van der Waals surface area contributed by atoms with E-state index in [9.17, 15) is 9.59 Å². The molecule has 0 aliphatic carbocycles. The monoisotopic (exact) mass is 361 g/mol. The van der Waals surface area contributed by atoms with Gasteiger partial charge in [-0.2, -0.15) is 0 Å². The van der Waals surface area contributed by atoms with Gasteiger partial charge in [0.05, 0.1) is 6.61 Å². The third-order valence-corrected chi connectivity index (χ3v) is 5.78. The maximum atomic E-state index is 12.3. The Balaban J connectivity index is 1.55. The van der Waals surface area contributed by atoms with Crippen molar-refractivity contribution in [1.29, 1.82) is 0 Å². The van der Waals surface area contributed by atoms with Crippen molar-refractivity contribution < 1.29 is 13.9 Å². The summed E-state index contributed by atoms with van der Waals surface area (Å²) in [6.45, 7) is 4.86. The molecule has 5 nitrogen and oxygen atoms in total. The van der Waals surface area contributed by atoms with Crippen LogP contribution < -0.4 is 5.63 Å². The van der Waals surface area contributed by atoms with Crippen LogP contribution in [0.5, 0.6) is 0 Å². The minimum Gasteiger partial charge on any atom is -0.462 e. The van der Waals surface area contributed by atoms with Gasteiger partial charge in [-0.05, 0) is 57.3 Å². The molecule has 5 heteroatoms. The van der Waals surface area contributed by atoms with Crippen molar-refractivity contribution >= 4 is 5.97 Å². The predicted octanol–water partition coefficient (Wildman–Crippen LogP) is 3.79. The van der Waals surface area contributed by atoms with E-state index < -0.39 is 11.6 Å². The molecule has 3 heterocycles. The number of fused-ring (bicyclic) bond motifs is 1. The summed E-state index contributed by atoms with van der Waals surface area (Å²) in [5, 5.41) is 0. The largest absolute Gasteiger partial charge is 0.462 e. The average molecular weight is 361 g/mol. The van der Waals surface area contributed by atoms with Gasteiger partial charge in [-0.15, -0.1) is 0 Å². The normalized spacial score (nSPS) is 23.4. The van der Waals surface area contributed by atoms with Gasteiger partial charge in [0.15, 0.2) is 0 Å². The molecule has 0 unspecified atom stereocenters. The van der Waals surface area contributed by atoms with Crippen LogP contribution in [-0.2, 0) is 11.2 Å². The van der Waals surface area contributed by atoms with Crippen LogP contribution >= 0.6 is 0 Å². The number of nitrogens with zero attached hydrogens (tertiary/aromatic N) is 1. The summed E-state index contributed by atoms with van der Waals surface area (Å²) in [7, 11) is 0. The Hall–Kier alpha value is -1.62. The Bertz CT molecular complexity index is 652. The fraction of sp³-hybridized carbons (Fsp3) is 0.714. The molecule has 3 rings (SSSR count). The number of piperidine rings is 2. The molecule has 0 bridgehead atoms. The second kappa shape index (κ2) is 9.36. The van der Waals surface area contributed by atoms with E-state index in [2.05, 4.69) is 11.8 Å². The van der Waals surface area contributed by atoms with Gasteiger partial charge < -0.3 is 9.15 Å². The van der Waals surface area contributed by atoms with Gasteiger partial charge in [0.25, 0.3) is 0 Å². The standard InChI is InChI=1S/C21H31NO4/c1-2-3-4-9-17-11-12-18(21(24)26-17)20(23)25-15-16-8-7-14-22-13-6-5-10-19(16)22/h11-12,16,19H,2-10,13-15H2,1H3/t16-,19-/m1/s1. The zero-order valence-electron chi connectivity index (χ0n) is 15.9. The van der Waals surface area contributed by atoms with Crippen LogP contribution in [-0.4, -0.2) is 36.6 Å². The number of carbonyl (C=O) groups excluding carboxylic acids is 1. The van der Waals surface area contributed by atoms with Crippen LogP contribution in [0.15, 0.2) is 21.3 Å².